The summed E-state index contributed by atoms with van der Waals surface area (Å²) in [6, 6.07) is 93.8. The van der Waals surface area contributed by atoms with Crippen molar-refractivity contribution in [2.45, 2.75) is 63.2 Å². The van der Waals surface area contributed by atoms with Crippen LogP contribution in [-0.2, 0) is 21.7 Å². The van der Waals surface area contributed by atoms with E-state index in [9.17, 15) is 0 Å². The Balaban J connectivity index is 1.15. The summed E-state index contributed by atoms with van der Waals surface area (Å²) in [6.45, 7) is 13.9. The van der Waals surface area contributed by atoms with Gasteiger partial charge in [-0.15, -0.1) is 0 Å². The van der Waals surface area contributed by atoms with Crippen LogP contribution < -0.4 is 4.90 Å². The van der Waals surface area contributed by atoms with Crippen molar-refractivity contribution in [1.82, 2.24) is 0 Å². The molecule has 0 heterocycles. The Morgan fingerprint density at radius 2 is 0.690 bits per heavy atom. The molecule has 344 valence electrons. The van der Waals surface area contributed by atoms with E-state index in [1.807, 2.05) is 0 Å². The average molecular weight is 914 g/mol. The van der Waals surface area contributed by atoms with Gasteiger partial charge in [-0.25, -0.2) is 0 Å². The summed E-state index contributed by atoms with van der Waals surface area (Å²) in [4.78, 5) is 2.53. The summed E-state index contributed by atoms with van der Waals surface area (Å²) in [5, 5.41) is 0. The third-order valence-corrected chi connectivity index (χ3v) is 15.5. The van der Waals surface area contributed by atoms with Crippen molar-refractivity contribution >= 4 is 17.1 Å². The maximum atomic E-state index is 2.53. The summed E-state index contributed by atoms with van der Waals surface area (Å²) >= 11 is 0. The second-order valence-corrected chi connectivity index (χ2v) is 21.7. The first-order chi connectivity index (χ1) is 34.5. The molecule has 2 aliphatic rings. The summed E-state index contributed by atoms with van der Waals surface area (Å²) in [5.41, 5.74) is 22.5. The van der Waals surface area contributed by atoms with Gasteiger partial charge in [-0.05, 0) is 125 Å². The van der Waals surface area contributed by atoms with Crippen molar-refractivity contribution in [1.29, 1.82) is 0 Å². The average Bonchev–Trinajstić information content (AvgIpc) is 3.87. The Bertz CT molecular complexity index is 3610. The van der Waals surface area contributed by atoms with Gasteiger partial charge in [-0.3, -0.25) is 0 Å². The van der Waals surface area contributed by atoms with E-state index in [0.717, 1.165) is 17.1 Å². The first kappa shape index (κ1) is 44.2. The lowest BCUT2D eigenvalue weighted by Crippen LogP contribution is -2.29. The van der Waals surface area contributed by atoms with Gasteiger partial charge in [0.05, 0.1) is 16.5 Å². The number of hydrogen-bond acceptors (Lipinski definition) is 1. The molecule has 2 unspecified atom stereocenters. The maximum Gasteiger partial charge on any atom is 0.0714 e. The highest BCUT2D eigenvalue weighted by atomic mass is 15.1. The Kier molecular flexibility index (Phi) is 10.5. The van der Waals surface area contributed by atoms with Crippen LogP contribution in [0.25, 0.3) is 33.4 Å². The van der Waals surface area contributed by atoms with Crippen LogP contribution in [0.5, 0.6) is 0 Å². The largest absolute Gasteiger partial charge is 0.310 e. The number of benzene rings is 10. The number of anilines is 3. The van der Waals surface area contributed by atoms with E-state index < -0.39 is 10.8 Å². The number of hydrogen-bond donors (Lipinski definition) is 0. The van der Waals surface area contributed by atoms with E-state index >= 15 is 0 Å². The quantitative estimate of drug-likeness (QED) is 0.147. The van der Waals surface area contributed by atoms with E-state index in [2.05, 4.69) is 295 Å². The number of nitrogens with zero attached hydrogens (tertiary/aromatic N) is 1. The fraction of sp³-hybridized carbons (Fsp3) is 0.143. The molecule has 0 aliphatic heterocycles. The number of rotatable bonds is 8. The highest BCUT2D eigenvalue weighted by Crippen LogP contribution is 2.60. The van der Waals surface area contributed by atoms with Crippen LogP contribution in [0.2, 0.25) is 0 Å². The molecule has 71 heavy (non-hydrogen) atoms. The lowest BCUT2D eigenvalue weighted by molar-refractivity contribution is 0.587. The summed E-state index contributed by atoms with van der Waals surface area (Å²) in [5.74, 6) is 0. The van der Waals surface area contributed by atoms with Crippen molar-refractivity contribution in [3.8, 4) is 33.4 Å². The Hall–Kier alpha value is -8.00. The lowest BCUT2D eigenvalue weighted by atomic mass is 9.66. The van der Waals surface area contributed by atoms with Crippen LogP contribution in [0, 0.1) is 0 Å². The predicted octanol–water partition coefficient (Wildman–Crippen LogP) is 18.1. The number of fused-ring (bicyclic) bond motifs is 6. The van der Waals surface area contributed by atoms with E-state index in [4.69, 9.17) is 0 Å². The maximum absolute atomic E-state index is 2.53. The highest BCUT2D eigenvalue weighted by Gasteiger charge is 2.48. The van der Waals surface area contributed by atoms with Crippen LogP contribution >= 0.6 is 0 Å². The van der Waals surface area contributed by atoms with E-state index in [1.54, 1.807) is 0 Å². The van der Waals surface area contributed by atoms with Gasteiger partial charge in [0.15, 0.2) is 0 Å². The standard InChI is InChI=1S/C70H59N/c1-67(2,3)51-30-22-32-53(44-51)69(49-26-12-8-13-27-49)63-38-20-17-36-59(63)61-46-55(41-43-64(61)69)71(66-39-21-18-34-57(66)48-24-10-7-11-25-48)56-40-42-60-58-35-16-19-37-62(58)70(65(60)47-56,50-28-14-9-15-29-50)54-33-23-31-52(45-54)68(4,5)6/h7-47H,1-6H3. The molecule has 2 atom stereocenters. The van der Waals surface area contributed by atoms with E-state index in [-0.39, 0.29) is 10.8 Å². The molecule has 10 aromatic carbocycles. The first-order valence-corrected chi connectivity index (χ1v) is 25.3. The van der Waals surface area contributed by atoms with Gasteiger partial charge in [-0.2, -0.15) is 0 Å². The Morgan fingerprint density at radius 1 is 0.282 bits per heavy atom. The molecule has 2 aliphatic carbocycles. The van der Waals surface area contributed by atoms with Gasteiger partial charge in [-0.1, -0.05) is 260 Å². The van der Waals surface area contributed by atoms with Crippen molar-refractivity contribution in [2.75, 3.05) is 4.90 Å². The molecule has 0 aromatic heterocycles. The molecular weight excluding hydrogens is 855 g/mol. The highest BCUT2D eigenvalue weighted by molar-refractivity contribution is 5.95. The molecule has 0 spiro atoms. The second-order valence-electron chi connectivity index (χ2n) is 21.7. The number of para-hydroxylation sites is 1. The third-order valence-electron chi connectivity index (χ3n) is 15.5. The normalized spacial score (nSPS) is 16.7. The first-order valence-electron chi connectivity index (χ1n) is 25.3. The zero-order valence-electron chi connectivity index (χ0n) is 41.6. The van der Waals surface area contributed by atoms with Crippen LogP contribution in [-0.4, -0.2) is 0 Å². The van der Waals surface area contributed by atoms with Crippen LogP contribution in [0.1, 0.15) is 97.2 Å². The molecule has 0 fully saturated rings. The Morgan fingerprint density at radius 3 is 1.25 bits per heavy atom. The van der Waals surface area contributed by atoms with Crippen molar-refractivity contribution < 1.29 is 0 Å². The smallest absolute Gasteiger partial charge is 0.0714 e. The Labute approximate surface area is 420 Å². The lowest BCUT2D eigenvalue weighted by Gasteiger charge is -2.36. The van der Waals surface area contributed by atoms with Gasteiger partial charge in [0, 0.05) is 16.9 Å². The van der Waals surface area contributed by atoms with E-state index in [0.29, 0.717) is 0 Å². The van der Waals surface area contributed by atoms with Gasteiger partial charge >= 0.3 is 0 Å². The molecule has 10 aromatic rings. The molecule has 0 amide bonds. The van der Waals surface area contributed by atoms with Gasteiger partial charge < -0.3 is 4.90 Å². The summed E-state index contributed by atoms with van der Waals surface area (Å²) < 4.78 is 0. The molecule has 1 heteroatoms. The van der Waals surface area contributed by atoms with Gasteiger partial charge in [0.1, 0.15) is 0 Å². The molecule has 1 nitrogen and oxygen atoms in total. The van der Waals surface area contributed by atoms with Gasteiger partial charge in [0.25, 0.3) is 0 Å². The minimum atomic E-state index is -0.581. The topological polar surface area (TPSA) is 3.24 Å². The van der Waals surface area contributed by atoms with E-state index in [1.165, 1.54) is 89.0 Å². The minimum Gasteiger partial charge on any atom is -0.310 e. The summed E-state index contributed by atoms with van der Waals surface area (Å²) in [7, 11) is 0. The molecule has 0 bridgehead atoms. The predicted molar refractivity (Wildman–Crippen MR) is 299 cm³/mol. The molecule has 12 rings (SSSR count). The summed E-state index contributed by atoms with van der Waals surface area (Å²) in [6.07, 6.45) is 0. The minimum absolute atomic E-state index is 0.0178. The molecule has 0 N–H and O–H groups in total. The second kappa shape index (κ2) is 16.9. The van der Waals surface area contributed by atoms with Crippen molar-refractivity contribution in [3.05, 3.63) is 304 Å². The zero-order chi connectivity index (χ0) is 48.5. The molecular formula is C70H59N. The van der Waals surface area contributed by atoms with Crippen LogP contribution in [0.4, 0.5) is 17.1 Å². The fourth-order valence-electron chi connectivity index (χ4n) is 12.2. The van der Waals surface area contributed by atoms with Crippen molar-refractivity contribution in [3.63, 3.8) is 0 Å². The van der Waals surface area contributed by atoms with Gasteiger partial charge in [0.2, 0.25) is 0 Å². The zero-order valence-corrected chi connectivity index (χ0v) is 41.6. The SMILES string of the molecule is CC(C)(C)c1cccc(C2(c3ccccc3)c3ccccc3-c3cc(N(c4ccc5c(c4)C(c4ccccc4)(c4cccc(C(C)(C)C)c4)c4ccccc4-5)c4ccccc4-c4ccccc4)ccc32)c1. The monoisotopic (exact) mass is 913 g/mol. The van der Waals surface area contributed by atoms with Crippen LogP contribution in [0.15, 0.2) is 249 Å². The molecule has 0 saturated heterocycles. The fourth-order valence-corrected chi connectivity index (χ4v) is 12.2. The third kappa shape index (κ3) is 6.97. The van der Waals surface area contributed by atoms with Crippen molar-refractivity contribution in [2.24, 2.45) is 0 Å². The van der Waals surface area contributed by atoms with Crippen LogP contribution in [0.3, 0.4) is 0 Å². The molecule has 0 radical (unpaired) electrons. The molecule has 0 saturated carbocycles.